The van der Waals surface area contributed by atoms with E-state index in [1.165, 1.54) is 0 Å². The van der Waals surface area contributed by atoms with Gasteiger partial charge in [0.15, 0.2) is 0 Å². The molecule has 362 valence electrons. The molecule has 11 heteroatoms. The molecule has 4 N–H and O–H groups in total. The Morgan fingerprint density at radius 2 is 0.831 bits per heavy atom. The normalized spacial score (nSPS) is 15.1. The Labute approximate surface area is 392 Å². The van der Waals surface area contributed by atoms with Gasteiger partial charge in [-0.3, -0.25) is 18.6 Å². The van der Waals surface area contributed by atoms with E-state index < -0.39 is 45.1 Å². The van der Waals surface area contributed by atoms with Crippen molar-refractivity contribution in [2.24, 2.45) is 5.73 Å². The second-order valence-electron chi connectivity index (χ2n) is 14.8. The minimum atomic E-state index is -4.67. The van der Waals surface area contributed by atoms with Crippen LogP contribution in [0.4, 0.5) is 0 Å². The van der Waals surface area contributed by atoms with Crippen molar-refractivity contribution in [3.8, 4) is 0 Å². The summed E-state index contributed by atoms with van der Waals surface area (Å²) in [5.74, 6) is -1.90. The largest absolute Gasteiger partial charge is 0.480 e. The molecule has 65 heavy (non-hydrogen) atoms. The molecule has 0 radical (unpaired) electrons. The van der Waals surface area contributed by atoms with E-state index in [0.717, 1.165) is 103 Å². The van der Waals surface area contributed by atoms with Crippen molar-refractivity contribution in [1.29, 1.82) is 0 Å². The molecule has 10 nitrogen and oxygen atoms in total. The first-order chi connectivity index (χ1) is 31.7. The van der Waals surface area contributed by atoms with Gasteiger partial charge in [-0.2, -0.15) is 0 Å². The second-order valence-corrected chi connectivity index (χ2v) is 16.2. The van der Waals surface area contributed by atoms with Crippen LogP contribution in [-0.2, 0) is 32.7 Å². The average molecular weight is 920 g/mol. The lowest BCUT2D eigenvalue weighted by Gasteiger charge is -2.20. The molecule has 0 heterocycles. The quantitative estimate of drug-likeness (QED) is 0.0233. The predicted molar refractivity (Wildman–Crippen MR) is 271 cm³/mol. The number of carboxylic acid groups (broad SMARTS) is 1. The predicted octanol–water partition coefficient (Wildman–Crippen LogP) is 13.8. The molecular weight excluding hydrogens is 838 g/mol. The lowest BCUT2D eigenvalue weighted by molar-refractivity contribution is -0.154. The number of hydrogen-bond donors (Lipinski definition) is 3. The smallest absolute Gasteiger partial charge is 0.472 e. The van der Waals surface area contributed by atoms with E-state index in [0.29, 0.717) is 13.0 Å². The third-order valence-corrected chi connectivity index (χ3v) is 9.77. The van der Waals surface area contributed by atoms with E-state index in [1.807, 2.05) is 12.2 Å². The highest BCUT2D eigenvalue weighted by molar-refractivity contribution is 7.47. The summed E-state index contributed by atoms with van der Waals surface area (Å²) in [4.78, 5) is 33.6. The van der Waals surface area contributed by atoms with Crippen LogP contribution >= 0.6 is 7.82 Å². The lowest BCUT2D eigenvalue weighted by Crippen LogP contribution is -2.34. The fourth-order valence-electron chi connectivity index (χ4n) is 5.25. The van der Waals surface area contributed by atoms with E-state index in [-0.39, 0.29) is 13.0 Å². The van der Waals surface area contributed by atoms with E-state index in [9.17, 15) is 19.0 Å². The SMILES string of the molecule is CC/C=C\C/C=C\C/C=C\C/C=C\C/C=C\C/C=C\C/C=C\CCCCOCC(COP(=O)(O)OCC(N)C(=O)O)OC(=O)CC/C=C\C/C=C\C/C=C\C/C=C\C/C=C\C/C=C\CC. The Hall–Kier alpha value is -4.41. The van der Waals surface area contributed by atoms with Crippen molar-refractivity contribution in [3.63, 3.8) is 0 Å². The van der Waals surface area contributed by atoms with E-state index >= 15 is 0 Å². The Balaban J connectivity index is 4.45. The van der Waals surface area contributed by atoms with Crippen molar-refractivity contribution in [3.05, 3.63) is 158 Å². The zero-order valence-corrected chi connectivity index (χ0v) is 40.4. The van der Waals surface area contributed by atoms with Crippen LogP contribution in [0.2, 0.25) is 0 Å². The molecule has 0 rings (SSSR count). The number of hydrogen-bond acceptors (Lipinski definition) is 8. The first-order valence-electron chi connectivity index (χ1n) is 23.5. The van der Waals surface area contributed by atoms with Gasteiger partial charge < -0.3 is 25.2 Å². The molecule has 0 aliphatic rings. The number of aliphatic carboxylic acids is 1. The van der Waals surface area contributed by atoms with Crippen LogP contribution in [0.5, 0.6) is 0 Å². The van der Waals surface area contributed by atoms with E-state index in [4.69, 9.17) is 29.4 Å². The molecular formula is C54H82NO9P. The molecule has 0 aliphatic heterocycles. The molecule has 0 fully saturated rings. The van der Waals surface area contributed by atoms with Gasteiger partial charge in [0, 0.05) is 13.0 Å². The zero-order valence-electron chi connectivity index (χ0n) is 39.5. The number of carboxylic acids is 1. The first kappa shape index (κ1) is 60.6. The molecule has 0 amide bonds. The maximum Gasteiger partial charge on any atom is 0.472 e. The van der Waals surface area contributed by atoms with Crippen LogP contribution < -0.4 is 5.73 Å². The third-order valence-electron chi connectivity index (χ3n) is 8.82. The number of ether oxygens (including phenoxy) is 2. The summed E-state index contributed by atoms with van der Waals surface area (Å²) in [5.41, 5.74) is 5.35. The zero-order chi connectivity index (χ0) is 47.6. The number of esters is 1. The molecule has 0 aromatic heterocycles. The van der Waals surface area contributed by atoms with Gasteiger partial charge in [0.2, 0.25) is 0 Å². The van der Waals surface area contributed by atoms with Crippen molar-refractivity contribution in [1.82, 2.24) is 0 Å². The molecule has 3 unspecified atom stereocenters. The molecule has 0 aromatic rings. The second kappa shape index (κ2) is 47.5. The van der Waals surface area contributed by atoms with Crippen molar-refractivity contribution < 1.29 is 42.7 Å². The minimum absolute atomic E-state index is 0.0567. The van der Waals surface area contributed by atoms with Crippen molar-refractivity contribution in [2.75, 3.05) is 26.4 Å². The Morgan fingerprint density at radius 1 is 0.492 bits per heavy atom. The Morgan fingerprint density at radius 3 is 1.20 bits per heavy atom. The highest BCUT2D eigenvalue weighted by Crippen LogP contribution is 2.43. The standard InChI is InChI=1S/C54H82NO9P/c1-3-5-7-9-11-13-15-17-19-21-23-24-25-26-27-29-31-33-35-37-39-41-43-45-47-61-48-51(49-62-65(59,60)63-50-52(55)54(57)58)64-53(56)46-44-42-40-38-36-34-32-30-28-22-20-18-16-14-12-10-8-6-4-2/h5-8,11-14,17-20,23-24,26-28,30-31,33-34,36-37,39-40,42,51-52H,3-4,9-10,15-16,21-22,25,29,32,35,38,41,43-50,55H2,1-2H3,(H,57,58)(H,59,60)/b7-5-,8-6-,13-11-,14-12-,19-17-,20-18-,24-23-,27-26-,30-28-,33-31-,36-34-,39-37-,42-40-. The van der Waals surface area contributed by atoms with Crippen LogP contribution in [0.25, 0.3) is 0 Å². The number of allylic oxidation sites excluding steroid dienone is 26. The maximum absolute atomic E-state index is 12.6. The molecule has 0 aromatic carbocycles. The highest BCUT2D eigenvalue weighted by Gasteiger charge is 2.27. The number of nitrogens with two attached hydrogens (primary N) is 1. The first-order valence-corrected chi connectivity index (χ1v) is 25.0. The number of rotatable bonds is 42. The summed E-state index contributed by atoms with van der Waals surface area (Å²) in [6.07, 6.45) is 70.4. The van der Waals surface area contributed by atoms with Gasteiger partial charge in [0.05, 0.1) is 19.8 Å². The van der Waals surface area contributed by atoms with E-state index in [2.05, 4.69) is 160 Å². The highest BCUT2D eigenvalue weighted by atomic mass is 31.2. The number of carbonyl (C=O) groups is 2. The molecule has 0 bridgehead atoms. The Bertz CT molecular complexity index is 1630. The van der Waals surface area contributed by atoms with Gasteiger partial charge in [0.1, 0.15) is 12.1 Å². The van der Waals surface area contributed by atoms with Gasteiger partial charge in [-0.25, -0.2) is 4.57 Å². The van der Waals surface area contributed by atoms with Crippen molar-refractivity contribution >= 4 is 19.8 Å². The fraction of sp³-hybridized carbons (Fsp3) is 0.481. The van der Waals surface area contributed by atoms with Gasteiger partial charge in [-0.15, -0.1) is 0 Å². The number of unbranched alkanes of at least 4 members (excludes halogenated alkanes) is 2. The lowest BCUT2D eigenvalue weighted by atomic mass is 10.2. The van der Waals surface area contributed by atoms with Gasteiger partial charge >= 0.3 is 19.8 Å². The van der Waals surface area contributed by atoms with Crippen LogP contribution in [0, 0.1) is 0 Å². The summed E-state index contributed by atoms with van der Waals surface area (Å²) < 4.78 is 33.3. The third kappa shape index (κ3) is 47.4. The van der Waals surface area contributed by atoms with Crippen LogP contribution in [0.1, 0.15) is 129 Å². The van der Waals surface area contributed by atoms with Crippen molar-refractivity contribution in [2.45, 2.75) is 142 Å². The molecule has 0 saturated heterocycles. The average Bonchev–Trinajstić information content (AvgIpc) is 3.29. The summed E-state index contributed by atoms with van der Waals surface area (Å²) >= 11 is 0. The maximum atomic E-state index is 12.6. The Kier molecular flexibility index (Phi) is 44.3. The molecule has 3 atom stereocenters. The topological polar surface area (TPSA) is 155 Å². The van der Waals surface area contributed by atoms with Crippen LogP contribution in [-0.4, -0.2) is 60.5 Å². The van der Waals surface area contributed by atoms with Gasteiger partial charge in [0.25, 0.3) is 0 Å². The monoisotopic (exact) mass is 920 g/mol. The van der Waals surface area contributed by atoms with Crippen LogP contribution in [0.15, 0.2) is 158 Å². The van der Waals surface area contributed by atoms with Gasteiger partial charge in [-0.05, 0) is 109 Å². The summed E-state index contributed by atoms with van der Waals surface area (Å²) in [5, 5.41) is 8.91. The summed E-state index contributed by atoms with van der Waals surface area (Å²) in [7, 11) is -4.67. The number of phosphoric acid groups is 1. The summed E-state index contributed by atoms with van der Waals surface area (Å²) in [6.45, 7) is 3.40. The van der Waals surface area contributed by atoms with Gasteiger partial charge in [-0.1, -0.05) is 172 Å². The van der Waals surface area contributed by atoms with Crippen LogP contribution in [0.3, 0.4) is 0 Å². The molecule has 0 aliphatic carbocycles. The molecule has 0 saturated carbocycles. The minimum Gasteiger partial charge on any atom is -0.480 e. The number of carbonyl (C=O) groups excluding carboxylic acids is 1. The summed E-state index contributed by atoms with van der Waals surface area (Å²) in [6, 6.07) is -1.50. The van der Waals surface area contributed by atoms with E-state index in [1.54, 1.807) is 0 Å². The fourth-order valence-corrected chi connectivity index (χ4v) is 6.03. The number of phosphoric ester groups is 1. The molecule has 0 spiro atoms.